The molecule has 0 radical (unpaired) electrons. The average molecular weight is 148 g/mol. The van der Waals surface area contributed by atoms with E-state index in [9.17, 15) is 0 Å². The fourth-order valence-corrected chi connectivity index (χ4v) is 1.59. The van der Waals surface area contributed by atoms with Gasteiger partial charge in [0.25, 0.3) is 0 Å². The maximum Gasteiger partial charge on any atom is 0.0202 e. The predicted molar refractivity (Wildman–Crippen MR) is 49.8 cm³/mol. The topological polar surface area (TPSA) is 0 Å². The highest BCUT2D eigenvalue weighted by Gasteiger charge is 2.15. The third kappa shape index (κ3) is 3.74. The Balaban J connectivity index is 0.000000461. The molecule has 60 valence electrons. The Kier molecular flexibility index (Phi) is 5.40. The van der Waals surface area contributed by atoms with E-state index in [0.29, 0.717) is 5.92 Å². The lowest BCUT2D eigenvalue weighted by molar-refractivity contribution is 0.333. The number of hydrogen-bond donors (Lipinski definition) is 0. The Morgan fingerprint density at radius 2 is 1.91 bits per heavy atom. The van der Waals surface area contributed by atoms with Gasteiger partial charge in [0.2, 0.25) is 0 Å². The minimum absolute atomic E-state index is 0.591. The van der Waals surface area contributed by atoms with E-state index in [-0.39, 0.29) is 0 Å². The fourth-order valence-electron chi connectivity index (χ4n) is 1.59. The normalized spacial score (nSPS) is 29.3. The van der Waals surface area contributed by atoms with Crippen molar-refractivity contribution in [2.45, 2.75) is 32.6 Å². The van der Waals surface area contributed by atoms with Gasteiger partial charge in [0, 0.05) is 5.92 Å². The van der Waals surface area contributed by atoms with Crippen molar-refractivity contribution in [1.82, 2.24) is 0 Å². The Bertz CT molecular complexity index is 147. The molecule has 0 N–H and O–H groups in total. The van der Waals surface area contributed by atoms with Gasteiger partial charge < -0.3 is 0 Å². The molecule has 0 spiro atoms. The van der Waals surface area contributed by atoms with Crippen LogP contribution in [-0.2, 0) is 0 Å². The lowest BCUT2D eigenvalue weighted by atomic mass is 9.83. The van der Waals surface area contributed by atoms with Crippen LogP contribution < -0.4 is 0 Å². The lowest BCUT2D eigenvalue weighted by Gasteiger charge is -2.22. The van der Waals surface area contributed by atoms with Gasteiger partial charge >= 0.3 is 0 Å². The monoisotopic (exact) mass is 148 g/mol. The van der Waals surface area contributed by atoms with Crippen LogP contribution in [0.15, 0.2) is 0 Å². The SMILES string of the molecule is C#C.C#C[C@H]1CCC[C@@H](C)C1. The summed E-state index contributed by atoms with van der Waals surface area (Å²) < 4.78 is 0. The zero-order valence-electron chi connectivity index (χ0n) is 7.22. The standard InChI is InChI=1S/C9H14.C2H2/c1-3-9-6-4-5-8(2)7-9;1-2/h1,8-9H,4-7H2,2H3;1-2H/t8-,9+;/m1./s1. The predicted octanol–water partition coefficient (Wildman–Crippen LogP) is 2.70. The van der Waals surface area contributed by atoms with Crippen LogP contribution in [0.4, 0.5) is 0 Å². The summed E-state index contributed by atoms with van der Waals surface area (Å²) in [6, 6.07) is 0. The minimum atomic E-state index is 0.591. The first kappa shape index (κ1) is 10.1. The molecular weight excluding hydrogens is 132 g/mol. The maximum absolute atomic E-state index is 5.32. The lowest BCUT2D eigenvalue weighted by Crippen LogP contribution is -2.10. The molecule has 11 heavy (non-hydrogen) atoms. The van der Waals surface area contributed by atoms with Crippen molar-refractivity contribution in [2.24, 2.45) is 11.8 Å². The molecule has 0 amide bonds. The Morgan fingerprint density at radius 3 is 2.27 bits per heavy atom. The first-order valence-corrected chi connectivity index (χ1v) is 4.12. The number of terminal acetylenes is 2. The molecule has 0 saturated heterocycles. The molecule has 0 aromatic rings. The molecule has 1 aliphatic rings. The van der Waals surface area contributed by atoms with Crippen molar-refractivity contribution in [1.29, 1.82) is 0 Å². The zero-order chi connectivity index (χ0) is 8.69. The van der Waals surface area contributed by atoms with Gasteiger partial charge in [0.05, 0.1) is 0 Å². The van der Waals surface area contributed by atoms with Crippen LogP contribution >= 0.6 is 0 Å². The maximum atomic E-state index is 5.32. The van der Waals surface area contributed by atoms with Crippen molar-refractivity contribution in [3.8, 4) is 25.2 Å². The van der Waals surface area contributed by atoms with Crippen LogP contribution in [0.1, 0.15) is 32.6 Å². The van der Waals surface area contributed by atoms with Gasteiger partial charge in [-0.05, 0) is 18.8 Å². The van der Waals surface area contributed by atoms with E-state index in [1.165, 1.54) is 25.7 Å². The van der Waals surface area contributed by atoms with Crippen molar-refractivity contribution in [3.05, 3.63) is 0 Å². The summed E-state index contributed by atoms with van der Waals surface area (Å²) in [5.41, 5.74) is 0. The van der Waals surface area contributed by atoms with Crippen LogP contribution in [0.5, 0.6) is 0 Å². The van der Waals surface area contributed by atoms with E-state index in [2.05, 4.69) is 25.7 Å². The van der Waals surface area contributed by atoms with Gasteiger partial charge in [-0.15, -0.1) is 25.2 Å². The summed E-state index contributed by atoms with van der Waals surface area (Å²) in [5.74, 6) is 4.30. The van der Waals surface area contributed by atoms with Gasteiger partial charge in [0.15, 0.2) is 0 Å². The van der Waals surface area contributed by atoms with Gasteiger partial charge in [-0.1, -0.05) is 19.8 Å². The summed E-state index contributed by atoms with van der Waals surface area (Å²) in [5, 5.41) is 0. The molecule has 0 unspecified atom stereocenters. The van der Waals surface area contributed by atoms with E-state index >= 15 is 0 Å². The molecule has 2 atom stereocenters. The highest BCUT2D eigenvalue weighted by atomic mass is 14.2. The Hall–Kier alpha value is -0.880. The molecular formula is C11H16. The van der Waals surface area contributed by atoms with Crippen LogP contribution in [0, 0.1) is 37.0 Å². The van der Waals surface area contributed by atoms with E-state index in [0.717, 1.165) is 5.92 Å². The third-order valence-electron chi connectivity index (χ3n) is 2.17. The van der Waals surface area contributed by atoms with E-state index < -0.39 is 0 Å². The fraction of sp³-hybridized carbons (Fsp3) is 0.636. The second-order valence-electron chi connectivity index (χ2n) is 3.14. The van der Waals surface area contributed by atoms with Crippen LogP contribution in [0.2, 0.25) is 0 Å². The highest BCUT2D eigenvalue weighted by Crippen LogP contribution is 2.27. The molecule has 0 heteroatoms. The second kappa shape index (κ2) is 5.87. The van der Waals surface area contributed by atoms with Gasteiger partial charge in [-0.3, -0.25) is 0 Å². The van der Waals surface area contributed by atoms with Crippen molar-refractivity contribution in [2.75, 3.05) is 0 Å². The molecule has 1 fully saturated rings. The summed E-state index contributed by atoms with van der Waals surface area (Å²) in [7, 11) is 0. The second-order valence-corrected chi connectivity index (χ2v) is 3.14. The van der Waals surface area contributed by atoms with E-state index in [1.54, 1.807) is 0 Å². The molecule has 0 aromatic heterocycles. The van der Waals surface area contributed by atoms with Gasteiger partial charge in [0.1, 0.15) is 0 Å². The van der Waals surface area contributed by atoms with Crippen molar-refractivity contribution in [3.63, 3.8) is 0 Å². The quantitative estimate of drug-likeness (QED) is 0.463. The molecule has 0 heterocycles. The summed E-state index contributed by atoms with van der Waals surface area (Å²) in [4.78, 5) is 0. The van der Waals surface area contributed by atoms with Crippen molar-refractivity contribution >= 4 is 0 Å². The van der Waals surface area contributed by atoms with E-state index in [4.69, 9.17) is 6.42 Å². The smallest absolute Gasteiger partial charge is 0.0202 e. The summed E-state index contributed by atoms with van der Waals surface area (Å²) in [6.45, 7) is 2.30. The summed E-state index contributed by atoms with van der Waals surface area (Å²) in [6.07, 6.45) is 18.6. The van der Waals surface area contributed by atoms with Crippen LogP contribution in [0.3, 0.4) is 0 Å². The molecule has 0 bridgehead atoms. The van der Waals surface area contributed by atoms with Gasteiger partial charge in [-0.25, -0.2) is 0 Å². The molecule has 0 aliphatic heterocycles. The Labute approximate surface area is 70.4 Å². The van der Waals surface area contributed by atoms with Gasteiger partial charge in [-0.2, -0.15) is 0 Å². The number of hydrogen-bond acceptors (Lipinski definition) is 0. The zero-order valence-corrected chi connectivity index (χ0v) is 7.22. The minimum Gasteiger partial charge on any atom is -0.124 e. The molecule has 1 aliphatic carbocycles. The van der Waals surface area contributed by atoms with Crippen LogP contribution in [-0.4, -0.2) is 0 Å². The largest absolute Gasteiger partial charge is 0.124 e. The third-order valence-corrected chi connectivity index (χ3v) is 2.17. The average Bonchev–Trinajstić information content (AvgIpc) is 2.08. The first-order chi connectivity index (χ1) is 5.33. The molecule has 1 rings (SSSR count). The van der Waals surface area contributed by atoms with E-state index in [1.807, 2.05) is 0 Å². The summed E-state index contributed by atoms with van der Waals surface area (Å²) >= 11 is 0. The Morgan fingerprint density at radius 1 is 1.27 bits per heavy atom. The van der Waals surface area contributed by atoms with Crippen molar-refractivity contribution < 1.29 is 0 Å². The number of rotatable bonds is 0. The first-order valence-electron chi connectivity index (χ1n) is 4.12. The van der Waals surface area contributed by atoms with Crippen LogP contribution in [0.25, 0.3) is 0 Å². The molecule has 0 nitrogen and oxygen atoms in total. The highest BCUT2D eigenvalue weighted by molar-refractivity contribution is 4.94. The molecule has 1 saturated carbocycles. The molecule has 0 aromatic carbocycles.